The van der Waals surface area contributed by atoms with Crippen molar-refractivity contribution in [2.75, 3.05) is 32.0 Å². The Labute approximate surface area is 140 Å². The molecule has 1 aromatic rings. The predicted molar refractivity (Wildman–Crippen MR) is 90.5 cm³/mol. The molecule has 0 radical (unpaired) electrons. The molecule has 0 fully saturated rings. The largest absolute Gasteiger partial charge is 0.491 e. The van der Waals surface area contributed by atoms with Gasteiger partial charge in [0.15, 0.2) is 5.96 Å². The first-order chi connectivity index (χ1) is 11.2. The van der Waals surface area contributed by atoms with Crippen molar-refractivity contribution >= 4 is 11.6 Å². The Hall–Kier alpha value is -1.96. The molecule has 1 aromatic carbocycles. The van der Waals surface area contributed by atoms with E-state index in [0.717, 1.165) is 11.4 Å². The number of nitrogens with two attached hydrogens (primary N) is 1. The summed E-state index contributed by atoms with van der Waals surface area (Å²) >= 11 is 0. The van der Waals surface area contributed by atoms with Crippen molar-refractivity contribution < 1.29 is 17.9 Å². The fourth-order valence-electron chi connectivity index (χ4n) is 2.00. The number of hydrogen-bond donors (Lipinski definition) is 2. The summed E-state index contributed by atoms with van der Waals surface area (Å²) in [5.74, 6) is 0.991. The van der Waals surface area contributed by atoms with Crippen molar-refractivity contribution in [2.24, 2.45) is 10.7 Å². The number of anilines is 1. The van der Waals surface area contributed by atoms with E-state index in [0.29, 0.717) is 19.5 Å². The van der Waals surface area contributed by atoms with E-state index in [2.05, 4.69) is 10.3 Å². The van der Waals surface area contributed by atoms with Crippen LogP contribution in [-0.2, 0) is 0 Å². The van der Waals surface area contributed by atoms with Crippen LogP contribution < -0.4 is 15.8 Å². The number of guanidine groups is 1. The number of alkyl halides is 3. The Morgan fingerprint density at radius 3 is 2.46 bits per heavy atom. The summed E-state index contributed by atoms with van der Waals surface area (Å²) in [6.07, 6.45) is -3.58. The molecule has 0 aliphatic carbocycles. The van der Waals surface area contributed by atoms with Gasteiger partial charge in [0.1, 0.15) is 5.75 Å². The second-order valence-corrected chi connectivity index (χ2v) is 5.79. The summed E-state index contributed by atoms with van der Waals surface area (Å²) in [4.78, 5) is 5.32. The zero-order valence-corrected chi connectivity index (χ0v) is 14.2. The van der Waals surface area contributed by atoms with Gasteiger partial charge in [0.05, 0.1) is 12.6 Å². The Balaban J connectivity index is 2.34. The van der Waals surface area contributed by atoms with E-state index in [1.165, 1.54) is 11.9 Å². The number of nitrogens with zero attached hydrogens (tertiary/aromatic N) is 2. The molecule has 0 bridgehead atoms. The zero-order chi connectivity index (χ0) is 18.2. The van der Waals surface area contributed by atoms with Crippen molar-refractivity contribution in [1.29, 1.82) is 0 Å². The van der Waals surface area contributed by atoms with Gasteiger partial charge in [-0.3, -0.25) is 9.89 Å². The molecule has 3 N–H and O–H groups in total. The second-order valence-electron chi connectivity index (χ2n) is 5.79. The van der Waals surface area contributed by atoms with E-state index >= 15 is 0 Å². The molecule has 0 aliphatic heterocycles. The van der Waals surface area contributed by atoms with E-state index in [9.17, 15) is 13.2 Å². The minimum Gasteiger partial charge on any atom is -0.491 e. The number of aliphatic imine (C=N–C) groups is 1. The number of nitrogens with one attached hydrogen (secondary N) is 1. The van der Waals surface area contributed by atoms with Gasteiger partial charge in [-0.1, -0.05) is 0 Å². The van der Waals surface area contributed by atoms with E-state index in [-0.39, 0.29) is 12.1 Å². The van der Waals surface area contributed by atoms with Crippen LogP contribution in [0.15, 0.2) is 29.3 Å². The Morgan fingerprint density at radius 2 is 1.92 bits per heavy atom. The minimum atomic E-state index is -4.18. The molecule has 0 atom stereocenters. The molecule has 136 valence electrons. The van der Waals surface area contributed by atoms with E-state index in [4.69, 9.17) is 10.5 Å². The summed E-state index contributed by atoms with van der Waals surface area (Å²) < 4.78 is 42.1. The summed E-state index contributed by atoms with van der Waals surface area (Å²) in [5, 5.41) is 2.93. The van der Waals surface area contributed by atoms with Gasteiger partial charge in [-0.05, 0) is 58.1 Å². The Bertz CT molecular complexity index is 515. The summed E-state index contributed by atoms with van der Waals surface area (Å²) in [6.45, 7) is 3.63. The van der Waals surface area contributed by atoms with Crippen LogP contribution in [0.1, 0.15) is 20.3 Å². The highest BCUT2D eigenvalue weighted by atomic mass is 19.4. The van der Waals surface area contributed by atoms with Crippen LogP contribution in [0.5, 0.6) is 5.75 Å². The Kier molecular flexibility index (Phi) is 7.84. The van der Waals surface area contributed by atoms with E-state index in [1.54, 1.807) is 0 Å². The third kappa shape index (κ3) is 9.24. The van der Waals surface area contributed by atoms with Crippen LogP contribution in [0.2, 0.25) is 0 Å². The fraction of sp³-hybridized carbons (Fsp3) is 0.562. The maximum absolute atomic E-state index is 12.2. The molecular weight excluding hydrogens is 321 g/mol. The van der Waals surface area contributed by atoms with Gasteiger partial charge in [-0.25, -0.2) is 0 Å². The summed E-state index contributed by atoms with van der Waals surface area (Å²) in [6, 6.07) is 7.28. The monoisotopic (exact) mass is 346 g/mol. The molecule has 0 unspecified atom stereocenters. The third-order valence-electron chi connectivity index (χ3n) is 2.93. The highest BCUT2D eigenvalue weighted by molar-refractivity contribution is 5.92. The van der Waals surface area contributed by atoms with Crippen LogP contribution >= 0.6 is 0 Å². The molecule has 0 aliphatic rings. The Morgan fingerprint density at radius 1 is 1.29 bits per heavy atom. The van der Waals surface area contributed by atoms with Crippen LogP contribution in [-0.4, -0.2) is 49.8 Å². The topological polar surface area (TPSA) is 62.9 Å². The number of halogens is 3. The van der Waals surface area contributed by atoms with Crippen LogP contribution in [0.25, 0.3) is 0 Å². The second kappa shape index (κ2) is 9.36. The van der Waals surface area contributed by atoms with Crippen LogP contribution in [0.3, 0.4) is 0 Å². The average molecular weight is 346 g/mol. The molecule has 8 heteroatoms. The smallest absolute Gasteiger partial charge is 0.401 e. The summed E-state index contributed by atoms with van der Waals surface area (Å²) in [7, 11) is 1.43. The van der Waals surface area contributed by atoms with Crippen LogP contribution in [0.4, 0.5) is 18.9 Å². The molecule has 0 saturated carbocycles. The fourth-order valence-corrected chi connectivity index (χ4v) is 2.00. The average Bonchev–Trinajstić information content (AvgIpc) is 2.43. The van der Waals surface area contributed by atoms with Gasteiger partial charge >= 0.3 is 6.18 Å². The van der Waals surface area contributed by atoms with Crippen molar-refractivity contribution in [2.45, 2.75) is 32.5 Å². The summed E-state index contributed by atoms with van der Waals surface area (Å²) in [5.41, 5.74) is 6.52. The molecule has 0 heterocycles. The van der Waals surface area contributed by atoms with Gasteiger partial charge in [0.2, 0.25) is 0 Å². The van der Waals surface area contributed by atoms with Gasteiger partial charge < -0.3 is 15.8 Å². The number of rotatable bonds is 8. The van der Waals surface area contributed by atoms with Gasteiger partial charge in [0.25, 0.3) is 0 Å². The molecule has 0 spiro atoms. The van der Waals surface area contributed by atoms with Gasteiger partial charge in [-0.2, -0.15) is 13.2 Å². The lowest BCUT2D eigenvalue weighted by Gasteiger charge is -2.17. The molecule has 0 aromatic heterocycles. The quantitative estimate of drug-likeness (QED) is 0.431. The molecule has 0 saturated heterocycles. The third-order valence-corrected chi connectivity index (χ3v) is 2.93. The molecule has 5 nitrogen and oxygen atoms in total. The SMILES string of the molecule is CC(C)Oc1ccc(NC(N)=NCCCN(C)CC(F)(F)F)cc1. The lowest BCUT2D eigenvalue weighted by molar-refractivity contribution is -0.143. The first-order valence-corrected chi connectivity index (χ1v) is 7.74. The van der Waals surface area contributed by atoms with Gasteiger partial charge in [0, 0.05) is 12.2 Å². The minimum absolute atomic E-state index is 0.103. The first kappa shape index (κ1) is 20.1. The zero-order valence-electron chi connectivity index (χ0n) is 14.2. The van der Waals surface area contributed by atoms with Crippen molar-refractivity contribution in [3.63, 3.8) is 0 Å². The lowest BCUT2D eigenvalue weighted by Crippen LogP contribution is -2.32. The molecule has 1 rings (SSSR count). The number of ether oxygens (including phenoxy) is 1. The molecule has 24 heavy (non-hydrogen) atoms. The molecular formula is C16H25F3N4O. The highest BCUT2D eigenvalue weighted by Gasteiger charge is 2.28. The first-order valence-electron chi connectivity index (χ1n) is 7.74. The van der Waals surface area contributed by atoms with Crippen molar-refractivity contribution in [1.82, 2.24) is 4.90 Å². The standard InChI is InChI=1S/C16H25F3N4O/c1-12(2)24-14-7-5-13(6-8-14)22-15(20)21-9-4-10-23(3)11-16(17,18)19/h5-8,12H,4,9-11H2,1-3H3,(H3,20,21,22). The highest BCUT2D eigenvalue weighted by Crippen LogP contribution is 2.17. The molecule has 0 amide bonds. The van der Waals surface area contributed by atoms with Crippen molar-refractivity contribution in [3.05, 3.63) is 24.3 Å². The maximum atomic E-state index is 12.2. The lowest BCUT2D eigenvalue weighted by atomic mass is 10.3. The number of hydrogen-bond acceptors (Lipinski definition) is 3. The van der Waals surface area contributed by atoms with E-state index < -0.39 is 12.7 Å². The number of benzene rings is 1. The van der Waals surface area contributed by atoms with Gasteiger partial charge in [-0.15, -0.1) is 0 Å². The predicted octanol–water partition coefficient (Wildman–Crippen LogP) is 3.08. The van der Waals surface area contributed by atoms with E-state index in [1.807, 2.05) is 38.1 Å². The maximum Gasteiger partial charge on any atom is 0.401 e. The van der Waals surface area contributed by atoms with Crippen molar-refractivity contribution in [3.8, 4) is 5.75 Å². The normalized spacial score (nSPS) is 12.8. The van der Waals surface area contributed by atoms with Crippen LogP contribution in [0, 0.1) is 0 Å².